The first-order chi connectivity index (χ1) is 9.79. The lowest BCUT2D eigenvalue weighted by molar-refractivity contribution is 0.0145. The summed E-state index contributed by atoms with van der Waals surface area (Å²) >= 11 is 0. The third-order valence-electron chi connectivity index (χ3n) is 4.70. The molecule has 0 aromatic rings. The maximum atomic E-state index is 10.4. The molecular weight excluding hydrogens is 256 g/mol. The molecule has 0 amide bonds. The van der Waals surface area contributed by atoms with Gasteiger partial charge >= 0.3 is 0 Å². The number of allylic oxidation sites excluding steroid dienone is 6. The zero-order valence-corrected chi connectivity index (χ0v) is 14.7. The van der Waals surface area contributed by atoms with Gasteiger partial charge in [0.15, 0.2) is 0 Å². The summed E-state index contributed by atoms with van der Waals surface area (Å²) in [7, 11) is 0. The van der Waals surface area contributed by atoms with E-state index in [1.807, 2.05) is 13.8 Å². The maximum absolute atomic E-state index is 10.4. The van der Waals surface area contributed by atoms with E-state index in [0.29, 0.717) is 5.92 Å². The molecule has 1 N–H and O–H groups in total. The van der Waals surface area contributed by atoms with Gasteiger partial charge in [0.25, 0.3) is 0 Å². The fourth-order valence-electron chi connectivity index (χ4n) is 2.90. The van der Waals surface area contributed by atoms with Crippen molar-refractivity contribution in [2.75, 3.05) is 0 Å². The smallest absolute Gasteiger partial charge is 0.0622 e. The first-order valence-electron chi connectivity index (χ1n) is 8.48. The van der Waals surface area contributed by atoms with E-state index in [-0.39, 0.29) is 0 Å². The normalized spacial score (nSPS) is 31.1. The largest absolute Gasteiger partial charge is 0.390 e. The van der Waals surface area contributed by atoms with E-state index in [9.17, 15) is 5.11 Å². The molecule has 0 radical (unpaired) electrons. The summed E-state index contributed by atoms with van der Waals surface area (Å²) in [6, 6.07) is 0. The minimum Gasteiger partial charge on any atom is -0.390 e. The standard InChI is InChI=1S/C20H34O/c1-16-8-6-10-17(2)12-14-19(20(4,5)21)15-13-18(3)11-7-9-16/h8,11-12,19,21H,6-7,9-10,13-15H2,1-5H3/b16-8+,17-12-,18-11-. The summed E-state index contributed by atoms with van der Waals surface area (Å²) in [4.78, 5) is 0. The minimum atomic E-state index is -0.593. The lowest BCUT2D eigenvalue weighted by atomic mass is 9.83. The van der Waals surface area contributed by atoms with Crippen LogP contribution in [0.25, 0.3) is 0 Å². The van der Waals surface area contributed by atoms with Crippen LogP contribution in [0.2, 0.25) is 0 Å². The van der Waals surface area contributed by atoms with E-state index < -0.39 is 5.60 Å². The molecule has 21 heavy (non-hydrogen) atoms. The first kappa shape index (κ1) is 18.2. The van der Waals surface area contributed by atoms with Gasteiger partial charge in [-0.1, -0.05) is 34.9 Å². The fourth-order valence-corrected chi connectivity index (χ4v) is 2.90. The lowest BCUT2D eigenvalue weighted by Crippen LogP contribution is -2.30. The van der Waals surface area contributed by atoms with Crippen molar-refractivity contribution >= 4 is 0 Å². The molecule has 0 spiro atoms. The van der Waals surface area contributed by atoms with E-state index in [1.54, 1.807) is 0 Å². The number of rotatable bonds is 1. The quantitative estimate of drug-likeness (QED) is 0.591. The Kier molecular flexibility index (Phi) is 7.45. The Morgan fingerprint density at radius 3 is 1.86 bits per heavy atom. The molecule has 0 aromatic carbocycles. The summed E-state index contributed by atoms with van der Waals surface area (Å²) in [5.74, 6) is 0.344. The van der Waals surface area contributed by atoms with Crippen LogP contribution < -0.4 is 0 Å². The van der Waals surface area contributed by atoms with Gasteiger partial charge in [-0.15, -0.1) is 0 Å². The SMILES string of the molecule is C/C1=C/CC(C(C)(C)O)CC/C(C)=C\CC/C(C)=C/CC1. The topological polar surface area (TPSA) is 20.2 Å². The Labute approximate surface area is 131 Å². The van der Waals surface area contributed by atoms with Gasteiger partial charge in [-0.2, -0.15) is 0 Å². The molecule has 120 valence electrons. The van der Waals surface area contributed by atoms with Gasteiger partial charge in [-0.25, -0.2) is 0 Å². The molecule has 0 aromatic heterocycles. The fraction of sp³-hybridized carbons (Fsp3) is 0.700. The highest BCUT2D eigenvalue weighted by Crippen LogP contribution is 2.28. The maximum Gasteiger partial charge on any atom is 0.0622 e. The van der Waals surface area contributed by atoms with Crippen molar-refractivity contribution in [3.8, 4) is 0 Å². The Bertz CT molecular complexity index is 404. The van der Waals surface area contributed by atoms with E-state index in [1.165, 1.54) is 23.1 Å². The van der Waals surface area contributed by atoms with Crippen LogP contribution in [0.5, 0.6) is 0 Å². The van der Waals surface area contributed by atoms with Crippen molar-refractivity contribution in [1.29, 1.82) is 0 Å². The van der Waals surface area contributed by atoms with Crippen molar-refractivity contribution in [3.63, 3.8) is 0 Å². The van der Waals surface area contributed by atoms with Gasteiger partial charge in [0.1, 0.15) is 0 Å². The van der Waals surface area contributed by atoms with E-state index in [2.05, 4.69) is 39.0 Å². The van der Waals surface area contributed by atoms with Crippen molar-refractivity contribution in [1.82, 2.24) is 0 Å². The van der Waals surface area contributed by atoms with Crippen molar-refractivity contribution < 1.29 is 5.11 Å². The molecule has 0 fully saturated rings. The second kappa shape index (κ2) is 8.58. The van der Waals surface area contributed by atoms with Gasteiger partial charge in [0.05, 0.1) is 5.60 Å². The third-order valence-corrected chi connectivity index (χ3v) is 4.70. The second-order valence-corrected chi connectivity index (χ2v) is 7.35. The first-order valence-corrected chi connectivity index (χ1v) is 8.48. The third kappa shape index (κ3) is 7.66. The van der Waals surface area contributed by atoms with Crippen LogP contribution in [0.4, 0.5) is 0 Å². The van der Waals surface area contributed by atoms with Crippen molar-refractivity contribution in [2.45, 2.75) is 85.2 Å². The average molecular weight is 290 g/mol. The second-order valence-electron chi connectivity index (χ2n) is 7.35. The van der Waals surface area contributed by atoms with Crippen LogP contribution in [-0.4, -0.2) is 10.7 Å². The molecule has 0 aliphatic heterocycles. The Balaban J connectivity index is 2.83. The molecule has 0 saturated carbocycles. The van der Waals surface area contributed by atoms with Gasteiger partial charge in [0, 0.05) is 0 Å². The van der Waals surface area contributed by atoms with Gasteiger partial charge < -0.3 is 5.11 Å². The molecule has 0 saturated heterocycles. The monoisotopic (exact) mass is 290 g/mol. The highest BCUT2D eigenvalue weighted by Gasteiger charge is 2.25. The summed E-state index contributed by atoms with van der Waals surface area (Å²) in [5, 5.41) is 10.4. The van der Waals surface area contributed by atoms with Crippen molar-refractivity contribution in [3.05, 3.63) is 34.9 Å². The van der Waals surface area contributed by atoms with Crippen LogP contribution in [-0.2, 0) is 0 Å². The molecule has 1 unspecified atom stereocenters. The minimum absolute atomic E-state index is 0.344. The van der Waals surface area contributed by atoms with Crippen LogP contribution >= 0.6 is 0 Å². The molecule has 0 heterocycles. The highest BCUT2D eigenvalue weighted by atomic mass is 16.3. The molecule has 0 bridgehead atoms. The molecule has 1 rings (SSSR count). The summed E-state index contributed by atoms with van der Waals surface area (Å²) in [6.07, 6.45) is 14.9. The van der Waals surface area contributed by atoms with Crippen LogP contribution in [0.15, 0.2) is 34.9 Å². The zero-order chi connectivity index (χ0) is 15.9. The number of hydrogen-bond acceptors (Lipinski definition) is 1. The van der Waals surface area contributed by atoms with E-state index in [4.69, 9.17) is 0 Å². The summed E-state index contributed by atoms with van der Waals surface area (Å²) in [6.45, 7) is 10.6. The Morgan fingerprint density at radius 1 is 0.857 bits per heavy atom. The predicted molar refractivity (Wildman–Crippen MR) is 93.4 cm³/mol. The zero-order valence-electron chi connectivity index (χ0n) is 14.7. The summed E-state index contributed by atoms with van der Waals surface area (Å²) < 4.78 is 0. The van der Waals surface area contributed by atoms with E-state index >= 15 is 0 Å². The Hall–Kier alpha value is -0.820. The summed E-state index contributed by atoms with van der Waals surface area (Å²) in [5.41, 5.74) is 3.84. The molecule has 1 heteroatoms. The predicted octanol–water partition coefficient (Wildman–Crippen LogP) is 5.96. The van der Waals surface area contributed by atoms with Gasteiger partial charge in [0.2, 0.25) is 0 Å². The van der Waals surface area contributed by atoms with Gasteiger partial charge in [-0.3, -0.25) is 0 Å². The van der Waals surface area contributed by atoms with Gasteiger partial charge in [-0.05, 0) is 85.5 Å². The van der Waals surface area contributed by atoms with Crippen LogP contribution in [0.3, 0.4) is 0 Å². The number of hydrogen-bond donors (Lipinski definition) is 1. The molecule has 1 aliphatic rings. The van der Waals surface area contributed by atoms with Crippen LogP contribution in [0.1, 0.15) is 79.6 Å². The van der Waals surface area contributed by atoms with Crippen molar-refractivity contribution in [2.24, 2.45) is 5.92 Å². The lowest BCUT2D eigenvalue weighted by Gasteiger charge is -2.29. The molecule has 1 aliphatic carbocycles. The Morgan fingerprint density at radius 2 is 1.33 bits per heavy atom. The molecular formula is C20H34O. The van der Waals surface area contributed by atoms with Crippen LogP contribution in [0, 0.1) is 5.92 Å². The molecule has 1 atom stereocenters. The average Bonchev–Trinajstić information content (AvgIpc) is 2.36. The van der Waals surface area contributed by atoms with E-state index in [0.717, 1.165) is 38.5 Å². The number of aliphatic hydroxyl groups is 1. The molecule has 1 nitrogen and oxygen atoms in total. The highest BCUT2D eigenvalue weighted by molar-refractivity contribution is 5.07.